The number of carbonyl (C=O) groups is 1. The van der Waals surface area contributed by atoms with Gasteiger partial charge in [0.25, 0.3) is 0 Å². The smallest absolute Gasteiger partial charge is 0.162 e. The first kappa shape index (κ1) is 18.7. The predicted molar refractivity (Wildman–Crippen MR) is 120 cm³/mol. The van der Waals surface area contributed by atoms with Crippen LogP contribution in [0.25, 0.3) is 21.8 Å². The molecular formula is C25H24N4O. The number of pyridine rings is 1. The molecule has 0 bridgehead atoms. The van der Waals surface area contributed by atoms with Crippen molar-refractivity contribution in [3.05, 3.63) is 66.1 Å². The van der Waals surface area contributed by atoms with Crippen LogP contribution in [0.1, 0.15) is 42.4 Å². The lowest BCUT2D eigenvalue weighted by molar-refractivity contribution is 0.0988. The quantitative estimate of drug-likeness (QED) is 0.318. The minimum Gasteiger partial charge on any atom is -0.328 e. The van der Waals surface area contributed by atoms with E-state index in [1.807, 2.05) is 56.6 Å². The molecule has 0 N–H and O–H groups in total. The van der Waals surface area contributed by atoms with E-state index in [-0.39, 0.29) is 5.78 Å². The highest BCUT2D eigenvalue weighted by atomic mass is 16.1. The minimum atomic E-state index is 0.118. The van der Waals surface area contributed by atoms with Crippen LogP contribution in [-0.2, 0) is 6.42 Å². The molecule has 5 heteroatoms. The van der Waals surface area contributed by atoms with Gasteiger partial charge in [-0.3, -0.25) is 4.79 Å². The van der Waals surface area contributed by atoms with Gasteiger partial charge in [-0.2, -0.15) is 0 Å². The number of Topliss-reactive ketones (excluding diaryl/α,β-unsaturated/α-hetero) is 1. The van der Waals surface area contributed by atoms with Crippen molar-refractivity contribution in [2.75, 3.05) is 11.9 Å². The molecule has 0 unspecified atom stereocenters. The molecule has 0 radical (unpaired) electrons. The van der Waals surface area contributed by atoms with Crippen molar-refractivity contribution >= 4 is 39.1 Å². The van der Waals surface area contributed by atoms with Crippen molar-refractivity contribution in [2.24, 2.45) is 5.92 Å². The summed E-state index contributed by atoms with van der Waals surface area (Å²) in [7, 11) is 2.01. The lowest BCUT2D eigenvalue weighted by atomic mass is 10.0. The lowest BCUT2D eigenvalue weighted by Gasteiger charge is -2.21. The van der Waals surface area contributed by atoms with Crippen LogP contribution in [-0.4, -0.2) is 27.8 Å². The van der Waals surface area contributed by atoms with Crippen molar-refractivity contribution in [1.29, 1.82) is 0 Å². The van der Waals surface area contributed by atoms with E-state index in [1.54, 1.807) is 0 Å². The number of para-hydroxylation sites is 1. The van der Waals surface area contributed by atoms with E-state index in [0.717, 1.165) is 45.6 Å². The molecule has 2 aromatic heterocycles. The number of anilines is 2. The summed E-state index contributed by atoms with van der Waals surface area (Å²) < 4.78 is 0. The molecule has 1 fully saturated rings. The van der Waals surface area contributed by atoms with Crippen LogP contribution < -0.4 is 4.90 Å². The maximum Gasteiger partial charge on any atom is 0.162 e. The van der Waals surface area contributed by atoms with E-state index in [9.17, 15) is 4.79 Å². The fraction of sp³-hybridized carbons (Fsp3) is 0.280. The SMILES string of the molecule is CCC(=O)c1ccc2c(c1)nc(N(C)c1ccccc1)c1nc(CC3CC3)ncc12. The Hall–Kier alpha value is -3.34. The fourth-order valence-corrected chi connectivity index (χ4v) is 3.87. The molecule has 0 amide bonds. The second-order valence-electron chi connectivity index (χ2n) is 8.03. The molecule has 0 atom stereocenters. The number of nitrogens with zero attached hydrogens (tertiary/aromatic N) is 4. The number of fused-ring (bicyclic) bond motifs is 3. The van der Waals surface area contributed by atoms with Gasteiger partial charge in [-0.25, -0.2) is 15.0 Å². The Morgan fingerprint density at radius 2 is 1.87 bits per heavy atom. The molecule has 1 saturated carbocycles. The van der Waals surface area contributed by atoms with Crippen molar-refractivity contribution in [3.63, 3.8) is 0 Å². The molecule has 2 heterocycles. The maximum absolute atomic E-state index is 12.3. The van der Waals surface area contributed by atoms with Crippen molar-refractivity contribution in [3.8, 4) is 0 Å². The first-order valence-corrected chi connectivity index (χ1v) is 10.6. The van der Waals surface area contributed by atoms with E-state index in [4.69, 9.17) is 9.97 Å². The van der Waals surface area contributed by atoms with Gasteiger partial charge >= 0.3 is 0 Å². The number of rotatable bonds is 6. The van der Waals surface area contributed by atoms with Gasteiger partial charge in [-0.05, 0) is 37.0 Å². The number of aromatic nitrogens is 3. The van der Waals surface area contributed by atoms with Crippen molar-refractivity contribution < 1.29 is 4.79 Å². The fourth-order valence-electron chi connectivity index (χ4n) is 3.87. The van der Waals surface area contributed by atoms with Crippen LogP contribution in [0.3, 0.4) is 0 Å². The van der Waals surface area contributed by atoms with Crippen LogP contribution >= 0.6 is 0 Å². The first-order valence-electron chi connectivity index (χ1n) is 10.6. The molecule has 30 heavy (non-hydrogen) atoms. The molecular weight excluding hydrogens is 372 g/mol. The lowest BCUT2D eigenvalue weighted by Crippen LogP contribution is -2.13. The summed E-state index contributed by atoms with van der Waals surface area (Å²) in [6.45, 7) is 1.88. The van der Waals surface area contributed by atoms with Crippen LogP contribution in [0.15, 0.2) is 54.7 Å². The number of ketones is 1. The van der Waals surface area contributed by atoms with Gasteiger partial charge < -0.3 is 4.90 Å². The van der Waals surface area contributed by atoms with E-state index in [1.165, 1.54) is 12.8 Å². The molecule has 5 rings (SSSR count). The zero-order valence-corrected chi connectivity index (χ0v) is 17.3. The average Bonchev–Trinajstić information content (AvgIpc) is 3.61. The van der Waals surface area contributed by atoms with Gasteiger partial charge in [-0.15, -0.1) is 0 Å². The van der Waals surface area contributed by atoms with Crippen LogP contribution in [0.5, 0.6) is 0 Å². The van der Waals surface area contributed by atoms with Gasteiger partial charge in [0.15, 0.2) is 11.6 Å². The second-order valence-corrected chi connectivity index (χ2v) is 8.03. The molecule has 2 aromatic carbocycles. The molecule has 150 valence electrons. The Bertz CT molecular complexity index is 1250. The van der Waals surface area contributed by atoms with Crippen molar-refractivity contribution in [2.45, 2.75) is 32.6 Å². The van der Waals surface area contributed by atoms with Gasteiger partial charge in [0, 0.05) is 48.1 Å². The molecule has 0 spiro atoms. The molecule has 5 nitrogen and oxygen atoms in total. The minimum absolute atomic E-state index is 0.118. The Morgan fingerprint density at radius 3 is 2.60 bits per heavy atom. The van der Waals surface area contributed by atoms with E-state index in [0.29, 0.717) is 17.9 Å². The van der Waals surface area contributed by atoms with Gasteiger partial charge in [0.1, 0.15) is 11.3 Å². The molecule has 0 saturated heterocycles. The van der Waals surface area contributed by atoms with Gasteiger partial charge in [0.2, 0.25) is 0 Å². The highest BCUT2D eigenvalue weighted by Crippen LogP contribution is 2.35. The summed E-state index contributed by atoms with van der Waals surface area (Å²) in [4.78, 5) is 28.9. The summed E-state index contributed by atoms with van der Waals surface area (Å²) in [5.41, 5.74) is 3.37. The van der Waals surface area contributed by atoms with Crippen LogP contribution in [0.4, 0.5) is 11.5 Å². The average molecular weight is 396 g/mol. The highest BCUT2D eigenvalue weighted by Gasteiger charge is 2.24. The second kappa shape index (κ2) is 7.48. The molecule has 4 aromatic rings. The van der Waals surface area contributed by atoms with Crippen LogP contribution in [0, 0.1) is 5.92 Å². The maximum atomic E-state index is 12.3. The summed E-state index contributed by atoms with van der Waals surface area (Å²) in [5, 5.41) is 1.94. The third kappa shape index (κ3) is 3.41. The third-order valence-corrected chi connectivity index (χ3v) is 5.84. The largest absolute Gasteiger partial charge is 0.328 e. The van der Waals surface area contributed by atoms with Gasteiger partial charge in [0.05, 0.1) is 5.52 Å². The van der Waals surface area contributed by atoms with Crippen LogP contribution in [0.2, 0.25) is 0 Å². The third-order valence-electron chi connectivity index (χ3n) is 5.84. The van der Waals surface area contributed by atoms with Gasteiger partial charge in [-0.1, -0.05) is 37.3 Å². The Labute approximate surface area is 175 Å². The zero-order valence-electron chi connectivity index (χ0n) is 17.3. The number of benzene rings is 2. The Morgan fingerprint density at radius 1 is 1.07 bits per heavy atom. The summed E-state index contributed by atoms with van der Waals surface area (Å²) in [5.74, 6) is 2.50. The summed E-state index contributed by atoms with van der Waals surface area (Å²) >= 11 is 0. The molecule has 1 aliphatic rings. The molecule has 0 aliphatic heterocycles. The Balaban J connectivity index is 1.74. The number of hydrogen-bond donors (Lipinski definition) is 0. The number of hydrogen-bond acceptors (Lipinski definition) is 5. The van der Waals surface area contributed by atoms with E-state index >= 15 is 0 Å². The Kier molecular flexibility index (Phi) is 4.66. The van der Waals surface area contributed by atoms with Crippen molar-refractivity contribution in [1.82, 2.24) is 15.0 Å². The zero-order chi connectivity index (χ0) is 20.7. The molecule has 1 aliphatic carbocycles. The monoisotopic (exact) mass is 396 g/mol. The predicted octanol–water partition coefficient (Wildman–Crippen LogP) is 5.49. The normalized spacial score (nSPS) is 13.7. The highest BCUT2D eigenvalue weighted by molar-refractivity contribution is 6.10. The van der Waals surface area contributed by atoms with E-state index < -0.39 is 0 Å². The standard InChI is InChI=1S/C25H24N4O/c1-3-22(30)17-11-12-19-20-15-26-23(13-16-9-10-16)28-24(20)25(27-21(19)14-17)29(2)18-7-5-4-6-8-18/h4-8,11-12,14-16H,3,9-10,13H2,1-2H3. The summed E-state index contributed by atoms with van der Waals surface area (Å²) in [6.07, 6.45) is 5.86. The number of carbonyl (C=O) groups excluding carboxylic acids is 1. The van der Waals surface area contributed by atoms with E-state index in [2.05, 4.69) is 22.0 Å². The topological polar surface area (TPSA) is 59.0 Å². The first-order chi connectivity index (χ1) is 14.6. The summed E-state index contributed by atoms with van der Waals surface area (Å²) in [6, 6.07) is 15.9.